The fourth-order valence-electron chi connectivity index (χ4n) is 3.18. The van der Waals surface area contributed by atoms with Gasteiger partial charge in [0.25, 0.3) is 0 Å². The van der Waals surface area contributed by atoms with Gasteiger partial charge in [-0.2, -0.15) is 4.68 Å². The van der Waals surface area contributed by atoms with E-state index in [2.05, 4.69) is 77.0 Å². The molecule has 33 heavy (non-hydrogen) atoms. The van der Waals surface area contributed by atoms with Crippen LogP contribution in [0.15, 0.2) is 86.9 Å². The molecule has 0 saturated heterocycles. The maximum atomic E-state index is 6.01. The van der Waals surface area contributed by atoms with Crippen molar-refractivity contribution in [2.24, 2.45) is 0 Å². The third kappa shape index (κ3) is 6.89. The lowest BCUT2D eigenvalue weighted by molar-refractivity contribution is 0.302. The number of benzene rings is 3. The van der Waals surface area contributed by atoms with Crippen LogP contribution in [0.1, 0.15) is 17.5 Å². The van der Waals surface area contributed by atoms with E-state index >= 15 is 0 Å². The zero-order valence-electron chi connectivity index (χ0n) is 17.8. The summed E-state index contributed by atoms with van der Waals surface area (Å²) in [6.45, 7) is 2.21. The molecule has 1 aromatic heterocycles. The van der Waals surface area contributed by atoms with Crippen molar-refractivity contribution in [3.63, 3.8) is 0 Å². The van der Waals surface area contributed by atoms with E-state index in [9.17, 15) is 0 Å². The minimum absolute atomic E-state index is 0.529. The smallest absolute Gasteiger partial charge is 0.214 e. The third-order valence-corrected chi connectivity index (χ3v) is 6.97. The van der Waals surface area contributed by atoms with Crippen molar-refractivity contribution in [2.45, 2.75) is 24.7 Å². The highest BCUT2D eigenvalue weighted by molar-refractivity contribution is 9.11. The summed E-state index contributed by atoms with van der Waals surface area (Å²) in [5.74, 6) is 1.75. The topological polar surface area (TPSA) is 64.9 Å². The number of hydrogen-bond donors (Lipinski definition) is 1. The minimum atomic E-state index is 0.529. The zero-order chi connectivity index (χ0) is 22.9. The normalized spacial score (nSPS) is 11.0. The summed E-state index contributed by atoms with van der Waals surface area (Å²) in [6.07, 6.45) is 1.01. The number of thioether (sulfide) groups is 1. The number of para-hydroxylation sites is 1. The molecule has 0 atom stereocenters. The Labute approximate surface area is 214 Å². The Kier molecular flexibility index (Phi) is 8.93. The number of hydrogen-bond acceptors (Lipinski definition) is 6. The van der Waals surface area contributed by atoms with Crippen molar-refractivity contribution < 1.29 is 4.74 Å². The van der Waals surface area contributed by atoms with Crippen LogP contribution in [0.5, 0.6) is 5.75 Å². The largest absolute Gasteiger partial charge is 0.487 e. The molecular weight excluding hydrogens is 566 g/mol. The highest BCUT2D eigenvalue weighted by atomic mass is 79.9. The Morgan fingerprint density at radius 1 is 0.909 bits per heavy atom. The third-order valence-electron chi connectivity index (χ3n) is 4.78. The molecule has 6 nitrogen and oxygen atoms in total. The van der Waals surface area contributed by atoms with Crippen molar-refractivity contribution in [1.29, 1.82) is 0 Å². The van der Waals surface area contributed by atoms with Crippen LogP contribution in [-0.2, 0) is 13.2 Å². The number of rotatable bonds is 11. The molecule has 9 heteroatoms. The standard InChI is InChI=1S/C24H23Br2N5OS/c25-21-14-19(15-22(26)23(21)32-17-18-8-3-1-4-9-18)16-27-12-7-13-33-24-28-29-30-31(24)20-10-5-2-6-11-20/h1-6,8-11,14-15,27H,7,12-13,16-17H2. The molecule has 0 saturated carbocycles. The van der Waals surface area contributed by atoms with Crippen LogP contribution >= 0.6 is 43.6 Å². The maximum Gasteiger partial charge on any atom is 0.214 e. The van der Waals surface area contributed by atoms with Crippen LogP contribution in [0, 0.1) is 0 Å². The molecule has 0 radical (unpaired) electrons. The fourth-order valence-corrected chi connectivity index (χ4v) is 5.52. The van der Waals surface area contributed by atoms with Gasteiger partial charge in [-0.15, -0.1) is 5.10 Å². The number of ether oxygens (including phenoxy) is 1. The highest BCUT2D eigenvalue weighted by Crippen LogP contribution is 2.35. The Morgan fingerprint density at radius 3 is 2.33 bits per heavy atom. The van der Waals surface area contributed by atoms with E-state index < -0.39 is 0 Å². The van der Waals surface area contributed by atoms with Crippen molar-refractivity contribution in [3.05, 3.63) is 92.9 Å². The number of aromatic nitrogens is 4. The summed E-state index contributed by atoms with van der Waals surface area (Å²) in [6, 6.07) is 24.3. The predicted molar refractivity (Wildman–Crippen MR) is 139 cm³/mol. The fraction of sp³-hybridized carbons (Fsp3) is 0.208. The van der Waals surface area contributed by atoms with Gasteiger partial charge in [-0.05, 0) is 90.6 Å². The summed E-state index contributed by atoms with van der Waals surface area (Å²) in [5.41, 5.74) is 3.29. The predicted octanol–water partition coefficient (Wildman–Crippen LogP) is 6.04. The number of nitrogens with one attached hydrogen (secondary N) is 1. The molecule has 1 N–H and O–H groups in total. The second-order valence-electron chi connectivity index (χ2n) is 7.25. The van der Waals surface area contributed by atoms with E-state index in [0.717, 1.165) is 56.4 Å². The van der Waals surface area contributed by atoms with Gasteiger partial charge in [0.05, 0.1) is 14.6 Å². The summed E-state index contributed by atoms with van der Waals surface area (Å²) >= 11 is 8.95. The van der Waals surface area contributed by atoms with Gasteiger partial charge < -0.3 is 10.1 Å². The Hall–Kier alpha value is -2.20. The van der Waals surface area contributed by atoms with Crippen LogP contribution in [0.3, 0.4) is 0 Å². The molecule has 4 rings (SSSR count). The SMILES string of the molecule is Brc1cc(CNCCCSc2nnnn2-c2ccccc2)cc(Br)c1OCc1ccccc1. The van der Waals surface area contributed by atoms with E-state index in [-0.39, 0.29) is 0 Å². The Bertz CT molecular complexity index is 1140. The first kappa shape index (κ1) is 23.9. The Morgan fingerprint density at radius 2 is 1.61 bits per heavy atom. The summed E-state index contributed by atoms with van der Waals surface area (Å²) in [4.78, 5) is 0. The van der Waals surface area contributed by atoms with Gasteiger partial charge in [-0.3, -0.25) is 0 Å². The number of tetrazole rings is 1. The van der Waals surface area contributed by atoms with Crippen molar-refractivity contribution in [3.8, 4) is 11.4 Å². The molecule has 0 unspecified atom stereocenters. The van der Waals surface area contributed by atoms with Crippen LogP contribution in [0.25, 0.3) is 5.69 Å². The van der Waals surface area contributed by atoms with Gasteiger partial charge in [0.15, 0.2) is 0 Å². The van der Waals surface area contributed by atoms with E-state index in [1.165, 1.54) is 5.56 Å². The van der Waals surface area contributed by atoms with E-state index in [4.69, 9.17) is 4.74 Å². The quantitative estimate of drug-likeness (QED) is 0.170. The van der Waals surface area contributed by atoms with Gasteiger partial charge in [0.2, 0.25) is 5.16 Å². The second kappa shape index (κ2) is 12.3. The van der Waals surface area contributed by atoms with Crippen molar-refractivity contribution in [2.75, 3.05) is 12.3 Å². The van der Waals surface area contributed by atoms with Crippen molar-refractivity contribution in [1.82, 2.24) is 25.5 Å². The van der Waals surface area contributed by atoms with Gasteiger partial charge in [-0.25, -0.2) is 0 Å². The minimum Gasteiger partial charge on any atom is -0.487 e. The molecule has 0 aliphatic carbocycles. The van der Waals surface area contributed by atoms with Gasteiger partial charge in [0, 0.05) is 12.3 Å². The van der Waals surface area contributed by atoms with Crippen molar-refractivity contribution >= 4 is 43.6 Å². The average molecular weight is 589 g/mol. The number of halogens is 2. The summed E-state index contributed by atoms with van der Waals surface area (Å²) in [5, 5.41) is 16.4. The first-order valence-electron chi connectivity index (χ1n) is 10.5. The Balaban J connectivity index is 1.21. The molecule has 0 bridgehead atoms. The molecule has 3 aromatic carbocycles. The molecule has 1 heterocycles. The lowest BCUT2D eigenvalue weighted by Gasteiger charge is -2.13. The highest BCUT2D eigenvalue weighted by Gasteiger charge is 2.10. The molecule has 0 amide bonds. The van der Waals surface area contributed by atoms with Gasteiger partial charge in [0.1, 0.15) is 12.4 Å². The van der Waals surface area contributed by atoms with Crippen LogP contribution in [0.2, 0.25) is 0 Å². The summed E-state index contributed by atoms with van der Waals surface area (Å²) in [7, 11) is 0. The second-order valence-corrected chi connectivity index (χ2v) is 10.0. The zero-order valence-corrected chi connectivity index (χ0v) is 21.8. The first-order chi connectivity index (χ1) is 16.2. The average Bonchev–Trinajstić information content (AvgIpc) is 3.30. The van der Waals surface area contributed by atoms with E-state index in [0.29, 0.717) is 6.61 Å². The van der Waals surface area contributed by atoms with Crippen LogP contribution in [-0.4, -0.2) is 32.5 Å². The molecule has 170 valence electrons. The lowest BCUT2D eigenvalue weighted by Crippen LogP contribution is -2.15. The van der Waals surface area contributed by atoms with E-state index in [1.807, 2.05) is 48.5 Å². The van der Waals surface area contributed by atoms with Gasteiger partial charge >= 0.3 is 0 Å². The van der Waals surface area contributed by atoms with Gasteiger partial charge in [-0.1, -0.05) is 60.3 Å². The number of nitrogens with zero attached hydrogens (tertiary/aromatic N) is 4. The van der Waals surface area contributed by atoms with Crippen LogP contribution in [0.4, 0.5) is 0 Å². The molecule has 0 fully saturated rings. The molecule has 4 aromatic rings. The molecule has 0 spiro atoms. The molecule has 0 aliphatic rings. The molecular formula is C24H23Br2N5OS. The lowest BCUT2D eigenvalue weighted by atomic mass is 10.2. The molecule has 0 aliphatic heterocycles. The summed E-state index contributed by atoms with van der Waals surface area (Å²) < 4.78 is 9.66. The first-order valence-corrected chi connectivity index (χ1v) is 13.1. The van der Waals surface area contributed by atoms with E-state index in [1.54, 1.807) is 16.4 Å². The van der Waals surface area contributed by atoms with Crippen LogP contribution < -0.4 is 10.1 Å². The maximum absolute atomic E-state index is 6.01. The monoisotopic (exact) mass is 587 g/mol.